The van der Waals surface area contributed by atoms with Gasteiger partial charge in [0, 0.05) is 32.2 Å². The lowest BCUT2D eigenvalue weighted by Gasteiger charge is -2.40. The minimum Gasteiger partial charge on any atom is -0.335 e. The van der Waals surface area contributed by atoms with Crippen LogP contribution in [0.4, 0.5) is 0 Å². The number of carbonyl (C=O) groups excluding carboxylic acids is 1. The monoisotopic (exact) mass is 358 g/mol. The van der Waals surface area contributed by atoms with Crippen LogP contribution in [0.2, 0.25) is 0 Å². The number of amides is 1. The zero-order valence-corrected chi connectivity index (χ0v) is 14.9. The van der Waals surface area contributed by atoms with Crippen LogP contribution in [0.5, 0.6) is 0 Å². The average Bonchev–Trinajstić information content (AvgIpc) is 3.23. The van der Waals surface area contributed by atoms with E-state index in [2.05, 4.69) is 31.8 Å². The Labute approximate surface area is 151 Å². The van der Waals surface area contributed by atoms with Gasteiger partial charge >= 0.3 is 0 Å². The number of nitrogens with zero attached hydrogens (tertiary/aromatic N) is 6. The molecule has 0 radical (unpaired) electrons. The molecule has 2 aromatic heterocycles. The minimum absolute atomic E-state index is 0.00812. The van der Waals surface area contributed by atoms with Crippen molar-refractivity contribution < 1.29 is 4.79 Å². The highest BCUT2D eigenvalue weighted by atomic mass is 32.2. The topological polar surface area (TPSA) is 67.2 Å². The molecule has 2 fully saturated rings. The summed E-state index contributed by atoms with van der Waals surface area (Å²) in [7, 11) is 0. The molecule has 0 spiro atoms. The Morgan fingerprint density at radius 1 is 1.04 bits per heavy atom. The highest BCUT2D eigenvalue weighted by Crippen LogP contribution is 2.23. The van der Waals surface area contributed by atoms with Gasteiger partial charge < -0.3 is 4.90 Å². The van der Waals surface area contributed by atoms with Crippen LogP contribution in [-0.4, -0.2) is 79.2 Å². The van der Waals surface area contributed by atoms with Crippen LogP contribution in [0.1, 0.15) is 23.3 Å². The van der Waals surface area contributed by atoms with Crippen LogP contribution in [-0.2, 0) is 0 Å². The van der Waals surface area contributed by atoms with Gasteiger partial charge in [0.2, 0.25) is 0 Å². The first kappa shape index (κ1) is 16.5. The van der Waals surface area contributed by atoms with E-state index in [1.54, 1.807) is 23.3 Å². The molecule has 4 heterocycles. The summed E-state index contributed by atoms with van der Waals surface area (Å²) in [6, 6.07) is 6.18. The van der Waals surface area contributed by atoms with E-state index in [0.717, 1.165) is 26.2 Å². The summed E-state index contributed by atoms with van der Waals surface area (Å²) in [5.41, 5.74) is 0.480. The van der Waals surface area contributed by atoms with Crippen molar-refractivity contribution in [1.82, 2.24) is 29.5 Å². The van der Waals surface area contributed by atoms with Crippen molar-refractivity contribution >= 4 is 17.7 Å². The van der Waals surface area contributed by atoms with Crippen LogP contribution in [0.15, 0.2) is 30.9 Å². The van der Waals surface area contributed by atoms with Crippen LogP contribution < -0.4 is 0 Å². The molecular formula is C17H22N6OS. The first-order valence-electron chi connectivity index (χ1n) is 8.74. The Morgan fingerprint density at radius 3 is 2.48 bits per heavy atom. The maximum Gasteiger partial charge on any atom is 0.272 e. The summed E-state index contributed by atoms with van der Waals surface area (Å²) in [4.78, 5) is 21.8. The smallest absolute Gasteiger partial charge is 0.272 e. The third-order valence-corrected chi connectivity index (χ3v) is 5.99. The van der Waals surface area contributed by atoms with Crippen LogP contribution >= 0.6 is 11.8 Å². The number of rotatable bonds is 3. The first-order chi connectivity index (χ1) is 12.3. The molecule has 2 saturated heterocycles. The van der Waals surface area contributed by atoms with Gasteiger partial charge in [-0.3, -0.25) is 14.3 Å². The number of piperazine rings is 1. The number of pyridine rings is 1. The summed E-state index contributed by atoms with van der Waals surface area (Å²) in [5.74, 6) is 3.20. The van der Waals surface area contributed by atoms with Gasteiger partial charge in [-0.25, -0.2) is 4.98 Å². The van der Waals surface area contributed by atoms with Gasteiger partial charge in [-0.05, 0) is 36.5 Å². The molecule has 1 amide bonds. The summed E-state index contributed by atoms with van der Waals surface area (Å²) in [5, 5.41) is 7.57. The van der Waals surface area contributed by atoms with E-state index in [-0.39, 0.29) is 5.91 Å². The van der Waals surface area contributed by atoms with E-state index < -0.39 is 0 Å². The molecular weight excluding hydrogens is 336 g/mol. The van der Waals surface area contributed by atoms with Crippen LogP contribution in [0.3, 0.4) is 0 Å². The van der Waals surface area contributed by atoms with E-state index in [1.165, 1.54) is 24.3 Å². The van der Waals surface area contributed by atoms with Crippen molar-refractivity contribution in [3.05, 3.63) is 36.5 Å². The highest BCUT2D eigenvalue weighted by Gasteiger charge is 2.28. The Balaban J connectivity index is 1.40. The minimum atomic E-state index is 0.00812. The van der Waals surface area contributed by atoms with E-state index in [0.29, 0.717) is 17.6 Å². The lowest BCUT2D eigenvalue weighted by atomic mass is 10.1. The SMILES string of the molecule is O=C(c1cccc(-n2cnnc2)n1)N1CCN(C2CCSCC2)CC1. The fraction of sp³-hybridized carbons (Fsp3) is 0.529. The fourth-order valence-electron chi connectivity index (χ4n) is 3.51. The van der Waals surface area contributed by atoms with E-state index in [1.807, 2.05) is 17.0 Å². The van der Waals surface area contributed by atoms with E-state index in [4.69, 9.17) is 0 Å². The van der Waals surface area contributed by atoms with Gasteiger partial charge in [0.1, 0.15) is 24.2 Å². The second kappa shape index (κ2) is 7.53. The van der Waals surface area contributed by atoms with Crippen molar-refractivity contribution in [2.24, 2.45) is 0 Å². The van der Waals surface area contributed by atoms with Crippen molar-refractivity contribution in [1.29, 1.82) is 0 Å². The second-order valence-electron chi connectivity index (χ2n) is 6.42. The lowest BCUT2D eigenvalue weighted by Crippen LogP contribution is -2.52. The summed E-state index contributed by atoms with van der Waals surface area (Å²) in [6.07, 6.45) is 5.72. The Hall–Kier alpha value is -1.93. The van der Waals surface area contributed by atoms with E-state index >= 15 is 0 Å². The molecule has 0 unspecified atom stereocenters. The summed E-state index contributed by atoms with van der Waals surface area (Å²) < 4.78 is 1.70. The molecule has 0 N–H and O–H groups in total. The molecule has 4 rings (SSSR count). The normalized spacial score (nSPS) is 19.9. The average molecular weight is 358 g/mol. The highest BCUT2D eigenvalue weighted by molar-refractivity contribution is 7.99. The van der Waals surface area contributed by atoms with Gasteiger partial charge in [0.05, 0.1) is 0 Å². The molecule has 8 heteroatoms. The number of hydrogen-bond acceptors (Lipinski definition) is 6. The van der Waals surface area contributed by atoms with Crippen molar-refractivity contribution in [2.45, 2.75) is 18.9 Å². The van der Waals surface area contributed by atoms with Gasteiger partial charge in [-0.2, -0.15) is 11.8 Å². The van der Waals surface area contributed by atoms with Crippen molar-refractivity contribution in [3.8, 4) is 5.82 Å². The first-order valence-corrected chi connectivity index (χ1v) is 9.90. The summed E-state index contributed by atoms with van der Waals surface area (Å²) >= 11 is 2.06. The number of carbonyl (C=O) groups is 1. The third-order valence-electron chi connectivity index (χ3n) is 4.95. The van der Waals surface area contributed by atoms with Crippen molar-refractivity contribution in [2.75, 3.05) is 37.7 Å². The predicted molar refractivity (Wildman–Crippen MR) is 97.0 cm³/mol. The Bertz CT molecular complexity index is 708. The third kappa shape index (κ3) is 3.69. The number of aromatic nitrogens is 4. The zero-order chi connectivity index (χ0) is 17.1. The van der Waals surface area contributed by atoms with Gasteiger partial charge in [0.15, 0.2) is 0 Å². The molecule has 0 bridgehead atoms. The molecule has 25 heavy (non-hydrogen) atoms. The lowest BCUT2D eigenvalue weighted by molar-refractivity contribution is 0.0554. The molecule has 0 aliphatic carbocycles. The Kier molecular flexibility index (Phi) is 4.98. The maximum absolute atomic E-state index is 12.8. The molecule has 132 valence electrons. The van der Waals surface area contributed by atoms with Crippen LogP contribution in [0.25, 0.3) is 5.82 Å². The standard InChI is InChI=1S/C17H22N6OS/c24-17(15-2-1-3-16(20-15)23-12-18-19-13-23)22-8-6-21(7-9-22)14-4-10-25-11-5-14/h1-3,12-14H,4-11H2. The maximum atomic E-state index is 12.8. The number of thioether (sulfide) groups is 1. The molecule has 0 saturated carbocycles. The summed E-state index contributed by atoms with van der Waals surface area (Å²) in [6.45, 7) is 3.49. The fourth-order valence-corrected chi connectivity index (χ4v) is 4.59. The zero-order valence-electron chi connectivity index (χ0n) is 14.1. The molecule has 2 aromatic rings. The molecule has 0 aromatic carbocycles. The second-order valence-corrected chi connectivity index (χ2v) is 7.65. The molecule has 2 aliphatic heterocycles. The van der Waals surface area contributed by atoms with Gasteiger partial charge in [0.25, 0.3) is 5.91 Å². The van der Waals surface area contributed by atoms with Gasteiger partial charge in [-0.15, -0.1) is 10.2 Å². The predicted octanol–water partition coefficient (Wildman–Crippen LogP) is 1.32. The Morgan fingerprint density at radius 2 is 1.76 bits per heavy atom. The van der Waals surface area contributed by atoms with E-state index in [9.17, 15) is 4.79 Å². The largest absolute Gasteiger partial charge is 0.335 e. The number of hydrogen-bond donors (Lipinski definition) is 0. The van der Waals surface area contributed by atoms with Gasteiger partial charge in [-0.1, -0.05) is 6.07 Å². The molecule has 2 aliphatic rings. The molecule has 0 atom stereocenters. The molecule has 7 nitrogen and oxygen atoms in total. The van der Waals surface area contributed by atoms with Crippen LogP contribution in [0, 0.1) is 0 Å². The quantitative estimate of drug-likeness (QED) is 0.824. The van der Waals surface area contributed by atoms with Crippen molar-refractivity contribution in [3.63, 3.8) is 0 Å².